The molecule has 0 aliphatic carbocycles. The third kappa shape index (κ3) is 5.40. The van der Waals surface area contributed by atoms with E-state index >= 15 is 0 Å². The average Bonchev–Trinajstić information content (AvgIpc) is 2.88. The monoisotopic (exact) mass is 522 g/mol. The summed E-state index contributed by atoms with van der Waals surface area (Å²) < 4.78 is 41.2. The van der Waals surface area contributed by atoms with Gasteiger partial charge in [-0.3, -0.25) is 9.59 Å². The van der Waals surface area contributed by atoms with Crippen molar-refractivity contribution in [2.24, 2.45) is 0 Å². The predicted octanol–water partition coefficient (Wildman–Crippen LogP) is 4.75. The fourth-order valence-corrected chi connectivity index (χ4v) is 4.06. The molecule has 1 amide bonds. The molecule has 2 N–H and O–H groups in total. The second-order valence-electron chi connectivity index (χ2n) is 8.32. The third-order valence-electron chi connectivity index (χ3n) is 5.76. The Morgan fingerprint density at radius 3 is 2.29 bits per heavy atom. The van der Waals surface area contributed by atoms with Crippen LogP contribution in [-0.2, 0) is 22.7 Å². The van der Waals surface area contributed by atoms with Gasteiger partial charge in [-0.2, -0.15) is 0 Å². The van der Waals surface area contributed by atoms with Crippen LogP contribution in [0.2, 0.25) is 0 Å². The first kappa shape index (κ1) is 26.5. The van der Waals surface area contributed by atoms with Gasteiger partial charge in [0.25, 0.3) is 0 Å². The molecular formula is C28H24F2N2O6. The number of hydrogen-bond acceptors (Lipinski definition) is 6. The molecule has 0 fully saturated rings. The molecule has 3 aromatic carbocycles. The van der Waals surface area contributed by atoms with E-state index in [0.717, 1.165) is 12.1 Å². The second-order valence-corrected chi connectivity index (χ2v) is 8.32. The molecule has 0 saturated carbocycles. The van der Waals surface area contributed by atoms with Crippen LogP contribution in [0, 0.1) is 11.6 Å². The highest BCUT2D eigenvalue weighted by molar-refractivity contribution is 5.95. The van der Waals surface area contributed by atoms with Gasteiger partial charge < -0.3 is 24.5 Å². The van der Waals surface area contributed by atoms with E-state index in [9.17, 15) is 28.3 Å². The Balaban J connectivity index is 1.87. The first-order valence-corrected chi connectivity index (χ1v) is 11.7. The first-order chi connectivity index (χ1) is 18.2. The zero-order valence-electron chi connectivity index (χ0n) is 20.6. The number of ether oxygens (including phenoxy) is 2. The van der Waals surface area contributed by atoms with E-state index in [1.807, 2.05) is 0 Å². The molecule has 8 nitrogen and oxygen atoms in total. The molecule has 4 aromatic rings. The maximum absolute atomic E-state index is 14.5. The number of amides is 1. The Morgan fingerprint density at radius 2 is 1.68 bits per heavy atom. The number of aliphatic hydroxyl groups is 1. The van der Waals surface area contributed by atoms with E-state index in [1.165, 1.54) is 35.9 Å². The predicted molar refractivity (Wildman–Crippen MR) is 136 cm³/mol. The van der Waals surface area contributed by atoms with Crippen molar-refractivity contribution in [2.75, 3.05) is 11.9 Å². The lowest BCUT2D eigenvalue weighted by Crippen LogP contribution is -2.22. The van der Waals surface area contributed by atoms with Crippen molar-refractivity contribution in [3.8, 4) is 11.5 Å². The molecule has 0 aliphatic heterocycles. The van der Waals surface area contributed by atoms with Crippen molar-refractivity contribution >= 4 is 28.5 Å². The summed E-state index contributed by atoms with van der Waals surface area (Å²) in [7, 11) is 0. The van der Waals surface area contributed by atoms with Crippen molar-refractivity contribution in [1.82, 2.24) is 4.57 Å². The Hall–Kier alpha value is -4.57. The number of esters is 1. The number of aliphatic hydroxyl groups excluding tert-OH is 1. The SMILES string of the molecule is CCOC(=O)c1cn(Cc2c(F)cccc2F)c2ccc(Oc3ccc(NC(C)=O)cc3)c(CO)c2c1=O. The van der Waals surface area contributed by atoms with Crippen LogP contribution in [0.15, 0.2) is 65.6 Å². The lowest BCUT2D eigenvalue weighted by molar-refractivity contribution is -0.114. The van der Waals surface area contributed by atoms with Gasteiger partial charge in [0.05, 0.1) is 30.7 Å². The van der Waals surface area contributed by atoms with Crippen LogP contribution in [-0.4, -0.2) is 28.2 Å². The van der Waals surface area contributed by atoms with Crippen LogP contribution >= 0.6 is 0 Å². The molecule has 0 unspecified atom stereocenters. The second kappa shape index (κ2) is 11.2. The number of carbonyl (C=O) groups excluding carboxylic acids is 2. The number of carbonyl (C=O) groups is 2. The van der Waals surface area contributed by atoms with E-state index < -0.39 is 29.6 Å². The topological polar surface area (TPSA) is 107 Å². The molecule has 0 radical (unpaired) electrons. The quantitative estimate of drug-likeness (QED) is 0.324. The largest absolute Gasteiger partial charge is 0.462 e. The molecule has 0 saturated heterocycles. The minimum Gasteiger partial charge on any atom is -0.462 e. The van der Waals surface area contributed by atoms with Gasteiger partial charge in [0.1, 0.15) is 28.7 Å². The Morgan fingerprint density at radius 1 is 1.00 bits per heavy atom. The molecule has 1 aromatic heterocycles. The molecule has 10 heteroatoms. The lowest BCUT2D eigenvalue weighted by Gasteiger charge is -2.18. The summed E-state index contributed by atoms with van der Waals surface area (Å²) in [5, 5.41) is 12.8. The molecule has 38 heavy (non-hydrogen) atoms. The Labute approximate surface area is 216 Å². The Kier molecular flexibility index (Phi) is 7.82. The Bertz CT molecular complexity index is 1560. The minimum absolute atomic E-state index is 0.00272. The number of aromatic nitrogens is 1. The maximum atomic E-state index is 14.5. The van der Waals surface area contributed by atoms with E-state index in [1.54, 1.807) is 31.2 Å². The van der Waals surface area contributed by atoms with E-state index in [4.69, 9.17) is 9.47 Å². The summed E-state index contributed by atoms with van der Waals surface area (Å²) in [5.74, 6) is -2.25. The normalized spacial score (nSPS) is 10.9. The summed E-state index contributed by atoms with van der Waals surface area (Å²) in [6, 6.07) is 12.9. The minimum atomic E-state index is -0.911. The number of fused-ring (bicyclic) bond motifs is 1. The zero-order chi connectivity index (χ0) is 27.4. The van der Waals surface area contributed by atoms with E-state index in [2.05, 4.69) is 5.32 Å². The highest BCUT2D eigenvalue weighted by Gasteiger charge is 2.22. The lowest BCUT2D eigenvalue weighted by atomic mass is 10.0. The standard InChI is InChI=1S/C28H24F2N2O6/c1-3-37-28(36)20-14-32(13-19-22(29)5-4-6-23(19)30)24-11-12-25(21(15-33)26(24)27(20)35)38-18-9-7-17(8-10-18)31-16(2)34/h4-12,14,33H,3,13,15H2,1-2H3,(H,31,34). The van der Waals surface area contributed by atoms with Crippen LogP contribution in [0.25, 0.3) is 10.9 Å². The van der Waals surface area contributed by atoms with Crippen LogP contribution < -0.4 is 15.5 Å². The summed E-state index contributed by atoms with van der Waals surface area (Å²) in [5.41, 5.74) is -0.497. The smallest absolute Gasteiger partial charge is 0.343 e. The van der Waals surface area contributed by atoms with Crippen molar-refractivity contribution in [2.45, 2.75) is 27.0 Å². The number of hydrogen-bond donors (Lipinski definition) is 2. The zero-order valence-corrected chi connectivity index (χ0v) is 20.6. The fraction of sp³-hybridized carbons (Fsp3) is 0.179. The number of halogens is 2. The number of pyridine rings is 1. The van der Waals surface area contributed by atoms with Gasteiger partial charge in [0, 0.05) is 29.9 Å². The van der Waals surface area contributed by atoms with Crippen molar-refractivity contribution in [3.63, 3.8) is 0 Å². The summed E-state index contributed by atoms with van der Waals surface area (Å²) in [6.45, 7) is 1.99. The highest BCUT2D eigenvalue weighted by atomic mass is 19.1. The molecule has 196 valence electrons. The van der Waals surface area contributed by atoms with Gasteiger partial charge in [0.2, 0.25) is 11.3 Å². The van der Waals surface area contributed by atoms with Crippen molar-refractivity contribution < 1.29 is 33.0 Å². The van der Waals surface area contributed by atoms with Gasteiger partial charge >= 0.3 is 5.97 Å². The first-order valence-electron chi connectivity index (χ1n) is 11.7. The van der Waals surface area contributed by atoms with E-state index in [0.29, 0.717) is 11.4 Å². The van der Waals surface area contributed by atoms with Gasteiger partial charge in [0.15, 0.2) is 0 Å². The number of benzene rings is 3. The van der Waals surface area contributed by atoms with Crippen molar-refractivity contribution in [1.29, 1.82) is 0 Å². The number of nitrogens with one attached hydrogen (secondary N) is 1. The van der Waals surface area contributed by atoms with Gasteiger partial charge in [-0.1, -0.05) is 6.07 Å². The molecular weight excluding hydrogens is 498 g/mol. The summed E-state index contributed by atoms with van der Waals surface area (Å²) in [4.78, 5) is 37.3. The average molecular weight is 523 g/mol. The fourth-order valence-electron chi connectivity index (χ4n) is 4.06. The molecule has 0 spiro atoms. The van der Waals surface area contributed by atoms with Gasteiger partial charge in [-0.25, -0.2) is 13.6 Å². The highest BCUT2D eigenvalue weighted by Crippen LogP contribution is 2.32. The molecule has 1 heterocycles. The number of rotatable bonds is 8. The molecule has 0 atom stereocenters. The van der Waals surface area contributed by atoms with Crippen LogP contribution in [0.4, 0.5) is 14.5 Å². The molecule has 4 rings (SSSR count). The number of nitrogens with zero attached hydrogens (tertiary/aromatic N) is 1. The third-order valence-corrected chi connectivity index (χ3v) is 5.76. The van der Waals surface area contributed by atoms with Crippen molar-refractivity contribution in [3.05, 3.63) is 99.3 Å². The molecule has 0 aliphatic rings. The summed E-state index contributed by atoms with van der Waals surface area (Å²) in [6.07, 6.45) is 1.19. The maximum Gasteiger partial charge on any atom is 0.343 e. The van der Waals surface area contributed by atoms with E-state index in [-0.39, 0.29) is 52.4 Å². The van der Waals surface area contributed by atoms with Crippen LogP contribution in [0.3, 0.4) is 0 Å². The molecule has 0 bridgehead atoms. The number of anilines is 1. The summed E-state index contributed by atoms with van der Waals surface area (Å²) >= 11 is 0. The van der Waals surface area contributed by atoms with Gasteiger partial charge in [-0.15, -0.1) is 0 Å². The van der Waals surface area contributed by atoms with Gasteiger partial charge in [-0.05, 0) is 55.5 Å². The van der Waals surface area contributed by atoms with Crippen LogP contribution in [0.1, 0.15) is 35.3 Å². The van der Waals surface area contributed by atoms with Crippen LogP contribution in [0.5, 0.6) is 11.5 Å².